The van der Waals surface area contributed by atoms with E-state index in [-0.39, 0.29) is 29.5 Å². The second kappa shape index (κ2) is 12.5. The zero-order valence-corrected chi connectivity index (χ0v) is 22.9. The Hall–Kier alpha value is -0.910. The minimum absolute atomic E-state index is 0. The van der Waals surface area contributed by atoms with Crippen LogP contribution in [0.25, 0.3) is 0 Å². The third-order valence-electron chi connectivity index (χ3n) is 6.64. The molecule has 2 aliphatic rings. The van der Waals surface area contributed by atoms with Crippen LogP contribution in [-0.4, -0.2) is 75.4 Å². The van der Waals surface area contributed by atoms with Gasteiger partial charge in [-0.25, -0.2) is 8.42 Å². The lowest BCUT2D eigenvalue weighted by Crippen LogP contribution is -2.55. The van der Waals surface area contributed by atoms with Gasteiger partial charge in [-0.15, -0.1) is 24.0 Å². The number of nitrogens with one attached hydrogen (secondary N) is 2. The summed E-state index contributed by atoms with van der Waals surface area (Å²) in [5.74, 6) is 1.26. The molecule has 0 radical (unpaired) electrons. The van der Waals surface area contributed by atoms with Gasteiger partial charge in [0.25, 0.3) is 0 Å². The average molecular weight is 578 g/mol. The van der Waals surface area contributed by atoms with Gasteiger partial charge >= 0.3 is 0 Å². The number of guanidine groups is 1. The number of hydrogen-bond donors (Lipinski definition) is 2. The SMILES string of the molecule is CN=C(NCC1CCN(S(=O)(=O)c2ccccc2)CC1)NCC(C)(C)N1CCCCC1.I. The Morgan fingerprint density at radius 1 is 1.03 bits per heavy atom. The van der Waals surface area contributed by atoms with E-state index in [1.807, 2.05) is 6.07 Å². The van der Waals surface area contributed by atoms with Crippen molar-refractivity contribution in [2.24, 2.45) is 10.9 Å². The summed E-state index contributed by atoms with van der Waals surface area (Å²) in [5, 5.41) is 6.94. The molecular formula is C23H40IN5O2S. The molecule has 0 aromatic heterocycles. The van der Waals surface area contributed by atoms with Crippen LogP contribution in [0.4, 0.5) is 0 Å². The molecule has 0 aliphatic carbocycles. The first-order chi connectivity index (χ1) is 14.8. The summed E-state index contributed by atoms with van der Waals surface area (Å²) in [6.45, 7) is 9.72. The van der Waals surface area contributed by atoms with Crippen LogP contribution in [0.1, 0.15) is 46.0 Å². The van der Waals surface area contributed by atoms with Crippen LogP contribution in [-0.2, 0) is 10.0 Å². The fraction of sp³-hybridized carbons (Fsp3) is 0.696. The molecule has 2 heterocycles. The Bertz CT molecular complexity index is 818. The van der Waals surface area contributed by atoms with Gasteiger partial charge < -0.3 is 10.6 Å². The molecule has 7 nitrogen and oxygen atoms in total. The molecule has 2 saturated heterocycles. The van der Waals surface area contributed by atoms with Crippen molar-refractivity contribution in [1.82, 2.24) is 19.8 Å². The van der Waals surface area contributed by atoms with Gasteiger partial charge in [-0.3, -0.25) is 9.89 Å². The summed E-state index contributed by atoms with van der Waals surface area (Å²) >= 11 is 0. The molecule has 0 saturated carbocycles. The molecule has 32 heavy (non-hydrogen) atoms. The Kier molecular flexibility index (Phi) is 10.7. The first kappa shape index (κ1) is 27.3. The predicted octanol–water partition coefficient (Wildman–Crippen LogP) is 3.13. The Labute approximate surface area is 211 Å². The lowest BCUT2D eigenvalue weighted by atomic mass is 9.98. The molecule has 0 bridgehead atoms. The molecule has 0 unspecified atom stereocenters. The summed E-state index contributed by atoms with van der Waals surface area (Å²) in [7, 11) is -1.58. The minimum Gasteiger partial charge on any atom is -0.356 e. The van der Waals surface area contributed by atoms with Gasteiger partial charge in [-0.2, -0.15) is 4.31 Å². The molecule has 1 aromatic carbocycles. The highest BCUT2D eigenvalue weighted by Gasteiger charge is 2.30. The van der Waals surface area contributed by atoms with Crippen LogP contribution in [0.2, 0.25) is 0 Å². The van der Waals surface area contributed by atoms with E-state index in [1.165, 1.54) is 32.4 Å². The first-order valence-electron chi connectivity index (χ1n) is 11.6. The van der Waals surface area contributed by atoms with Gasteiger partial charge in [-0.05, 0) is 70.7 Å². The molecule has 3 rings (SSSR count). The fourth-order valence-electron chi connectivity index (χ4n) is 4.47. The maximum absolute atomic E-state index is 12.8. The van der Waals surface area contributed by atoms with Gasteiger partial charge in [0, 0.05) is 38.8 Å². The maximum Gasteiger partial charge on any atom is 0.243 e. The number of piperidine rings is 2. The van der Waals surface area contributed by atoms with Crippen molar-refractivity contribution in [1.29, 1.82) is 0 Å². The van der Waals surface area contributed by atoms with Crippen LogP contribution in [0.5, 0.6) is 0 Å². The van der Waals surface area contributed by atoms with E-state index in [9.17, 15) is 8.42 Å². The highest BCUT2D eigenvalue weighted by molar-refractivity contribution is 14.0. The van der Waals surface area contributed by atoms with Crippen molar-refractivity contribution in [2.75, 3.05) is 46.3 Å². The lowest BCUT2D eigenvalue weighted by molar-refractivity contribution is 0.0982. The van der Waals surface area contributed by atoms with Crippen molar-refractivity contribution in [3.05, 3.63) is 30.3 Å². The number of hydrogen-bond acceptors (Lipinski definition) is 4. The molecule has 2 aliphatic heterocycles. The smallest absolute Gasteiger partial charge is 0.243 e. The highest BCUT2D eigenvalue weighted by atomic mass is 127. The van der Waals surface area contributed by atoms with E-state index in [0.717, 1.165) is 31.9 Å². The number of halogens is 1. The quantitative estimate of drug-likeness (QED) is 0.296. The number of aliphatic imine (C=N–C) groups is 1. The number of likely N-dealkylation sites (tertiary alicyclic amines) is 1. The molecule has 2 fully saturated rings. The first-order valence-corrected chi connectivity index (χ1v) is 13.0. The Balaban J connectivity index is 0.00000363. The standard InChI is InChI=1S/C23H39N5O2S.HI/c1-23(2,27-14-8-5-9-15-27)19-26-22(24-3)25-18-20-12-16-28(17-13-20)31(29,30)21-10-6-4-7-11-21;/h4,6-7,10-11,20H,5,8-9,12-19H2,1-3H3,(H2,24,25,26);1H. The summed E-state index contributed by atoms with van der Waals surface area (Å²) in [6.07, 6.45) is 5.63. The van der Waals surface area contributed by atoms with Gasteiger partial charge in [0.05, 0.1) is 4.90 Å². The van der Waals surface area contributed by atoms with Crippen molar-refractivity contribution in [3.63, 3.8) is 0 Å². The third kappa shape index (κ3) is 7.30. The zero-order chi connectivity index (χ0) is 22.3. The van der Waals surface area contributed by atoms with Crippen molar-refractivity contribution < 1.29 is 8.42 Å². The van der Waals surface area contributed by atoms with Crippen LogP contribution < -0.4 is 10.6 Å². The van der Waals surface area contributed by atoms with E-state index in [4.69, 9.17) is 0 Å². The third-order valence-corrected chi connectivity index (χ3v) is 8.55. The van der Waals surface area contributed by atoms with E-state index >= 15 is 0 Å². The Morgan fingerprint density at radius 2 is 1.66 bits per heavy atom. The summed E-state index contributed by atoms with van der Waals surface area (Å²) in [4.78, 5) is 7.34. The second-order valence-electron chi connectivity index (χ2n) is 9.33. The summed E-state index contributed by atoms with van der Waals surface area (Å²) in [6, 6.07) is 8.73. The fourth-order valence-corrected chi connectivity index (χ4v) is 5.96. The number of sulfonamides is 1. The van der Waals surface area contributed by atoms with Gasteiger partial charge in [0.2, 0.25) is 10.0 Å². The van der Waals surface area contributed by atoms with Gasteiger partial charge in [-0.1, -0.05) is 24.6 Å². The maximum atomic E-state index is 12.8. The molecule has 9 heteroatoms. The molecular weight excluding hydrogens is 537 g/mol. The normalized spacial score (nSPS) is 19.9. The summed E-state index contributed by atoms with van der Waals surface area (Å²) in [5.41, 5.74) is 0.0924. The molecule has 0 spiro atoms. The molecule has 182 valence electrons. The zero-order valence-electron chi connectivity index (χ0n) is 19.7. The van der Waals surface area contributed by atoms with Gasteiger partial charge in [0.1, 0.15) is 0 Å². The van der Waals surface area contributed by atoms with Crippen LogP contribution in [0.3, 0.4) is 0 Å². The van der Waals surface area contributed by atoms with Crippen molar-refractivity contribution >= 4 is 40.0 Å². The molecule has 1 aromatic rings. The lowest BCUT2D eigenvalue weighted by Gasteiger charge is -2.41. The van der Waals surface area contributed by atoms with Crippen LogP contribution in [0.15, 0.2) is 40.2 Å². The molecule has 0 atom stereocenters. The summed E-state index contributed by atoms with van der Waals surface area (Å²) < 4.78 is 27.2. The molecule has 0 amide bonds. The average Bonchev–Trinajstić information content (AvgIpc) is 2.80. The van der Waals surface area contributed by atoms with Gasteiger partial charge in [0.15, 0.2) is 5.96 Å². The van der Waals surface area contributed by atoms with Crippen molar-refractivity contribution in [3.8, 4) is 0 Å². The Morgan fingerprint density at radius 3 is 2.25 bits per heavy atom. The van der Waals surface area contributed by atoms with Crippen LogP contribution >= 0.6 is 24.0 Å². The van der Waals surface area contributed by atoms with E-state index < -0.39 is 10.0 Å². The van der Waals surface area contributed by atoms with E-state index in [0.29, 0.717) is 23.9 Å². The number of benzene rings is 1. The number of nitrogens with zero attached hydrogens (tertiary/aromatic N) is 3. The van der Waals surface area contributed by atoms with Crippen molar-refractivity contribution in [2.45, 2.75) is 56.4 Å². The highest BCUT2D eigenvalue weighted by Crippen LogP contribution is 2.23. The topological polar surface area (TPSA) is 77.0 Å². The number of rotatable bonds is 7. The predicted molar refractivity (Wildman–Crippen MR) is 142 cm³/mol. The molecule has 2 N–H and O–H groups in total. The largest absolute Gasteiger partial charge is 0.356 e. The van der Waals surface area contributed by atoms with E-state index in [2.05, 4.69) is 34.4 Å². The van der Waals surface area contributed by atoms with Crippen LogP contribution in [0, 0.1) is 5.92 Å². The minimum atomic E-state index is -3.38. The second-order valence-corrected chi connectivity index (χ2v) is 11.3. The monoisotopic (exact) mass is 577 g/mol. The van der Waals surface area contributed by atoms with E-state index in [1.54, 1.807) is 35.6 Å².